The molecule has 1 saturated heterocycles. The molecule has 1 aromatic rings. The number of nitrogens with one attached hydrogen (secondary N) is 2. The number of carbonyl (C=O) groups excluding carboxylic acids is 2. The molecular formula is C23H33BN4O2S. The van der Waals surface area contributed by atoms with Crippen molar-refractivity contribution in [2.24, 2.45) is 11.7 Å². The van der Waals surface area contributed by atoms with Gasteiger partial charge >= 0.3 is 0 Å². The second kappa shape index (κ2) is 11.6. The van der Waals surface area contributed by atoms with E-state index in [-0.39, 0.29) is 24.2 Å². The zero-order valence-corrected chi connectivity index (χ0v) is 18.9. The number of nitrogens with zero attached hydrogens (tertiary/aromatic N) is 1. The summed E-state index contributed by atoms with van der Waals surface area (Å²) in [5.74, 6) is -0.0478. The lowest BCUT2D eigenvalue weighted by molar-refractivity contribution is -0.140. The predicted molar refractivity (Wildman–Crippen MR) is 128 cm³/mol. The Morgan fingerprint density at radius 3 is 2.52 bits per heavy atom. The van der Waals surface area contributed by atoms with Gasteiger partial charge in [-0.1, -0.05) is 61.8 Å². The molecule has 0 spiro atoms. The van der Waals surface area contributed by atoms with Crippen molar-refractivity contribution in [3.05, 3.63) is 35.9 Å². The van der Waals surface area contributed by atoms with E-state index < -0.39 is 18.1 Å². The Labute approximate surface area is 192 Å². The number of hydrogen-bond donors (Lipinski definition) is 3. The van der Waals surface area contributed by atoms with Crippen molar-refractivity contribution in [2.45, 2.75) is 69.5 Å². The number of thiocarbonyl (C=S) groups is 1. The van der Waals surface area contributed by atoms with Gasteiger partial charge in [-0.15, -0.1) is 0 Å². The average Bonchev–Trinajstić information content (AvgIpc) is 3.29. The van der Waals surface area contributed by atoms with E-state index in [2.05, 4.69) is 10.6 Å². The lowest BCUT2D eigenvalue weighted by atomic mass is 9.83. The van der Waals surface area contributed by atoms with Gasteiger partial charge in [0.15, 0.2) is 0 Å². The molecule has 0 aromatic heterocycles. The summed E-state index contributed by atoms with van der Waals surface area (Å²) in [6.45, 7) is 0.576. The van der Waals surface area contributed by atoms with E-state index in [0.29, 0.717) is 24.4 Å². The maximum Gasteiger partial charge on any atom is 0.243 e. The normalized spacial score (nSPS) is 21.3. The lowest BCUT2D eigenvalue weighted by Crippen LogP contribution is -2.56. The molecule has 2 fully saturated rings. The number of nitrogens with two attached hydrogens (primary N) is 1. The van der Waals surface area contributed by atoms with E-state index in [1.165, 1.54) is 6.42 Å². The lowest BCUT2D eigenvalue weighted by Gasteiger charge is -2.32. The number of rotatable bonds is 8. The number of carbonyl (C=O) groups is 2. The highest BCUT2D eigenvalue weighted by atomic mass is 32.1. The number of hydrogen-bond acceptors (Lipinski definition) is 4. The molecule has 4 N–H and O–H groups in total. The molecule has 2 radical (unpaired) electrons. The molecule has 3 rings (SSSR count). The molecule has 1 aliphatic heterocycles. The van der Waals surface area contributed by atoms with Crippen molar-refractivity contribution in [2.75, 3.05) is 13.0 Å². The van der Waals surface area contributed by atoms with E-state index in [1.807, 2.05) is 30.3 Å². The summed E-state index contributed by atoms with van der Waals surface area (Å²) in [4.78, 5) is 28.5. The first kappa shape index (κ1) is 23.7. The molecule has 31 heavy (non-hydrogen) atoms. The Kier molecular flexibility index (Phi) is 8.90. The van der Waals surface area contributed by atoms with Crippen LogP contribution < -0.4 is 16.4 Å². The van der Waals surface area contributed by atoms with Crippen molar-refractivity contribution in [1.29, 1.82) is 0 Å². The van der Waals surface area contributed by atoms with Crippen molar-refractivity contribution in [3.63, 3.8) is 0 Å². The molecule has 2 amide bonds. The first-order valence-corrected chi connectivity index (χ1v) is 11.8. The monoisotopic (exact) mass is 440 g/mol. The van der Waals surface area contributed by atoms with Crippen LogP contribution in [0.5, 0.6) is 0 Å². The van der Waals surface area contributed by atoms with Gasteiger partial charge < -0.3 is 21.3 Å². The molecule has 2 aliphatic rings. The number of benzene rings is 1. The minimum absolute atomic E-state index is 0.0909. The van der Waals surface area contributed by atoms with Crippen molar-refractivity contribution in [3.8, 4) is 0 Å². The van der Waals surface area contributed by atoms with Crippen LogP contribution in [0.3, 0.4) is 0 Å². The van der Waals surface area contributed by atoms with Crippen LogP contribution >= 0.6 is 12.2 Å². The van der Waals surface area contributed by atoms with Crippen LogP contribution in [0, 0.1) is 5.92 Å². The van der Waals surface area contributed by atoms with Gasteiger partial charge in [0.2, 0.25) is 11.8 Å². The van der Waals surface area contributed by atoms with Crippen molar-refractivity contribution in [1.82, 2.24) is 15.5 Å². The Bertz CT molecular complexity index is 757. The Morgan fingerprint density at radius 2 is 1.84 bits per heavy atom. The Balaban J connectivity index is 1.66. The van der Waals surface area contributed by atoms with Crippen LogP contribution in [-0.4, -0.2) is 60.7 Å². The van der Waals surface area contributed by atoms with Crippen LogP contribution in [0.4, 0.5) is 0 Å². The molecule has 166 valence electrons. The van der Waals surface area contributed by atoms with Crippen LogP contribution in [0.15, 0.2) is 30.3 Å². The van der Waals surface area contributed by atoms with Gasteiger partial charge in [-0.05, 0) is 50.0 Å². The Morgan fingerprint density at radius 1 is 1.13 bits per heavy atom. The highest BCUT2D eigenvalue weighted by Gasteiger charge is 2.39. The Hall–Kier alpha value is -1.93. The third-order valence-electron chi connectivity index (χ3n) is 6.47. The fraction of sp³-hybridized carbons (Fsp3) is 0.609. The third kappa shape index (κ3) is 6.29. The summed E-state index contributed by atoms with van der Waals surface area (Å²) in [5.41, 5.74) is 7.42. The van der Waals surface area contributed by atoms with E-state index in [4.69, 9.17) is 25.8 Å². The van der Waals surface area contributed by atoms with Crippen LogP contribution in [0.25, 0.3) is 0 Å². The predicted octanol–water partition coefficient (Wildman–Crippen LogP) is 1.66. The summed E-state index contributed by atoms with van der Waals surface area (Å²) in [6.07, 6.45) is 7.66. The first-order valence-electron chi connectivity index (χ1n) is 11.4. The van der Waals surface area contributed by atoms with Gasteiger partial charge in [0.1, 0.15) is 6.04 Å². The fourth-order valence-electron chi connectivity index (χ4n) is 4.74. The summed E-state index contributed by atoms with van der Waals surface area (Å²) in [5, 5.41) is 6.01. The number of amides is 2. The van der Waals surface area contributed by atoms with Gasteiger partial charge in [-0.25, -0.2) is 0 Å². The van der Waals surface area contributed by atoms with Gasteiger partial charge in [0, 0.05) is 6.54 Å². The molecule has 0 bridgehead atoms. The highest BCUT2D eigenvalue weighted by Crippen LogP contribution is 2.28. The average molecular weight is 440 g/mol. The van der Waals surface area contributed by atoms with Crippen LogP contribution in [0.2, 0.25) is 0 Å². The van der Waals surface area contributed by atoms with Crippen LogP contribution in [0.1, 0.15) is 50.5 Å². The smallest absolute Gasteiger partial charge is 0.243 e. The minimum atomic E-state index is -0.520. The van der Waals surface area contributed by atoms with Gasteiger partial charge in [-0.3, -0.25) is 9.59 Å². The maximum atomic E-state index is 13.2. The maximum absolute atomic E-state index is 13.2. The topological polar surface area (TPSA) is 87.5 Å². The molecule has 0 unspecified atom stereocenters. The van der Waals surface area contributed by atoms with E-state index >= 15 is 0 Å². The summed E-state index contributed by atoms with van der Waals surface area (Å²) >= 11 is 5.47. The second-order valence-electron chi connectivity index (χ2n) is 8.61. The standard InChI is InChI=1S/C23H33BN4O2S/c24-15-26-22(31)18(14-16-8-3-1-4-9-16)27-21(29)19-12-7-13-28(19)23(30)20(25)17-10-5-2-6-11-17/h1,3-4,8-9,17-20H,2,5-7,10-15,25H2,(H,26,31)(H,27,29)/t18-,19-,20-/m0/s1. The molecule has 8 heteroatoms. The summed E-state index contributed by atoms with van der Waals surface area (Å²) in [6, 6.07) is 8.45. The first-order chi connectivity index (χ1) is 15.0. The molecule has 6 nitrogen and oxygen atoms in total. The zero-order chi connectivity index (χ0) is 22.2. The van der Waals surface area contributed by atoms with Gasteiger partial charge in [-0.2, -0.15) is 0 Å². The number of likely N-dealkylation sites (tertiary alicyclic amines) is 1. The summed E-state index contributed by atoms with van der Waals surface area (Å²) in [7, 11) is 5.60. The van der Waals surface area contributed by atoms with E-state index in [9.17, 15) is 9.59 Å². The molecule has 1 heterocycles. The SMILES string of the molecule is [B]CNC(=S)[C@H](Cc1ccccc1)NC(=O)[C@@H]1CCCN1C(=O)[C@@H](N)C1CCCCC1. The van der Waals surface area contributed by atoms with E-state index in [0.717, 1.165) is 37.7 Å². The summed E-state index contributed by atoms with van der Waals surface area (Å²) < 4.78 is 0. The minimum Gasteiger partial charge on any atom is -0.387 e. The largest absolute Gasteiger partial charge is 0.387 e. The van der Waals surface area contributed by atoms with Gasteiger partial charge in [0.05, 0.1) is 24.9 Å². The third-order valence-corrected chi connectivity index (χ3v) is 6.90. The molecule has 1 saturated carbocycles. The fourth-order valence-corrected chi connectivity index (χ4v) is 4.97. The van der Waals surface area contributed by atoms with Crippen molar-refractivity contribution < 1.29 is 9.59 Å². The second-order valence-corrected chi connectivity index (χ2v) is 9.05. The van der Waals surface area contributed by atoms with Gasteiger partial charge in [0.25, 0.3) is 0 Å². The van der Waals surface area contributed by atoms with E-state index in [1.54, 1.807) is 4.90 Å². The molecule has 3 atom stereocenters. The van der Waals surface area contributed by atoms with Crippen LogP contribution in [-0.2, 0) is 16.0 Å². The molecular weight excluding hydrogens is 407 g/mol. The highest BCUT2D eigenvalue weighted by molar-refractivity contribution is 7.80. The quantitative estimate of drug-likeness (QED) is 0.423. The molecule has 1 aliphatic carbocycles. The zero-order valence-electron chi connectivity index (χ0n) is 18.1. The molecule has 1 aromatic carbocycles. The van der Waals surface area contributed by atoms with Crippen molar-refractivity contribution >= 4 is 36.9 Å².